The number of anilines is 1. The lowest BCUT2D eigenvalue weighted by atomic mass is 10.2. The van der Waals surface area contributed by atoms with Crippen molar-refractivity contribution in [2.45, 2.75) is 6.92 Å². The fraction of sp³-hybridized carbons (Fsp3) is 0.250. The average molecular weight is 496 g/mol. The van der Waals surface area contributed by atoms with Crippen molar-refractivity contribution < 1.29 is 9.72 Å². The smallest absolute Gasteiger partial charge is 0.274 e. The molecule has 2 aromatic carbocycles. The quantitative estimate of drug-likeness (QED) is 0.393. The van der Waals surface area contributed by atoms with Gasteiger partial charge >= 0.3 is 0 Å². The van der Waals surface area contributed by atoms with E-state index in [1.54, 1.807) is 36.1 Å². The van der Waals surface area contributed by atoms with Crippen molar-refractivity contribution in [3.05, 3.63) is 73.0 Å². The molecular weight excluding hydrogens is 479 g/mol. The van der Waals surface area contributed by atoms with Crippen molar-refractivity contribution in [1.82, 2.24) is 19.9 Å². The predicted molar refractivity (Wildman–Crippen MR) is 122 cm³/mol. The molecule has 0 spiro atoms. The normalized spacial score (nSPS) is 14.0. The lowest BCUT2D eigenvalue weighted by Crippen LogP contribution is -2.49. The zero-order valence-corrected chi connectivity index (χ0v) is 19.1. The minimum Gasteiger partial charge on any atom is -0.367 e. The highest BCUT2D eigenvalue weighted by Crippen LogP contribution is 2.31. The van der Waals surface area contributed by atoms with Crippen LogP contribution < -0.4 is 4.90 Å². The molecule has 1 aliphatic heterocycles. The molecule has 1 aromatic heterocycles. The molecule has 166 valence electrons. The minimum atomic E-state index is -0.487. The maximum atomic E-state index is 13.3. The Labute approximate surface area is 198 Å². The van der Waals surface area contributed by atoms with Crippen LogP contribution in [0.25, 0.3) is 5.69 Å². The first kappa shape index (κ1) is 22.3. The summed E-state index contributed by atoms with van der Waals surface area (Å²) in [4.78, 5) is 27.5. The van der Waals surface area contributed by atoms with E-state index in [1.807, 2.05) is 4.90 Å². The van der Waals surface area contributed by atoms with E-state index in [0.29, 0.717) is 64.0 Å². The number of non-ortho nitro benzene ring substituents is 1. The van der Waals surface area contributed by atoms with Crippen LogP contribution in [0.5, 0.6) is 0 Å². The molecule has 0 unspecified atom stereocenters. The zero-order chi connectivity index (χ0) is 23.0. The molecule has 0 saturated carbocycles. The van der Waals surface area contributed by atoms with Crippen molar-refractivity contribution >= 4 is 52.1 Å². The lowest BCUT2D eigenvalue weighted by Gasteiger charge is -2.36. The van der Waals surface area contributed by atoms with E-state index in [1.165, 1.54) is 16.8 Å². The zero-order valence-electron chi connectivity index (χ0n) is 16.8. The Morgan fingerprint density at radius 3 is 2.28 bits per heavy atom. The SMILES string of the molecule is Cc1nnn(-c2ccc(Cl)cc2Cl)c1C(=O)N1CCN(c2ccc([N+](=O)[O-])cc2Cl)CC1. The number of aromatic nitrogens is 3. The molecule has 0 bridgehead atoms. The van der Waals surface area contributed by atoms with Gasteiger partial charge in [0, 0.05) is 43.3 Å². The molecule has 12 heteroatoms. The molecule has 0 N–H and O–H groups in total. The van der Waals surface area contributed by atoms with Crippen LogP contribution in [0, 0.1) is 17.0 Å². The standard InChI is InChI=1S/C20H17Cl3N6O3/c1-12-19(28(25-24-12)18-4-2-13(21)10-15(18)22)20(30)27-8-6-26(7-9-27)17-5-3-14(29(31)32)11-16(17)23/h2-5,10-11H,6-9H2,1H3. The molecule has 1 saturated heterocycles. The largest absolute Gasteiger partial charge is 0.367 e. The van der Waals surface area contributed by atoms with Gasteiger partial charge in [-0.1, -0.05) is 40.0 Å². The first-order chi connectivity index (χ1) is 15.3. The third kappa shape index (κ3) is 4.23. The molecule has 1 aliphatic rings. The minimum absolute atomic E-state index is 0.0651. The summed E-state index contributed by atoms with van der Waals surface area (Å²) in [5.41, 5.74) is 1.96. The Morgan fingerprint density at radius 2 is 1.66 bits per heavy atom. The number of hydrogen-bond donors (Lipinski definition) is 0. The van der Waals surface area contributed by atoms with Crippen LogP contribution in [0.1, 0.15) is 16.2 Å². The Morgan fingerprint density at radius 1 is 1.00 bits per heavy atom. The number of nitro benzene ring substituents is 1. The van der Waals surface area contributed by atoms with Gasteiger partial charge in [-0.05, 0) is 31.2 Å². The maximum absolute atomic E-state index is 13.3. The van der Waals surface area contributed by atoms with Crippen LogP contribution in [-0.4, -0.2) is 56.9 Å². The number of nitro groups is 1. The first-order valence-corrected chi connectivity index (χ1v) is 10.8. The van der Waals surface area contributed by atoms with Gasteiger partial charge in [0.2, 0.25) is 0 Å². The van der Waals surface area contributed by atoms with Crippen LogP contribution >= 0.6 is 34.8 Å². The van der Waals surface area contributed by atoms with Gasteiger partial charge in [0.15, 0.2) is 5.69 Å². The molecule has 0 atom stereocenters. The van der Waals surface area contributed by atoms with Crippen LogP contribution in [0.15, 0.2) is 36.4 Å². The molecule has 0 radical (unpaired) electrons. The van der Waals surface area contributed by atoms with Gasteiger partial charge in [-0.25, -0.2) is 4.68 Å². The number of carbonyl (C=O) groups is 1. The summed E-state index contributed by atoms with van der Waals surface area (Å²) >= 11 is 18.5. The third-order valence-corrected chi connectivity index (χ3v) is 6.07. The summed E-state index contributed by atoms with van der Waals surface area (Å²) in [6.45, 7) is 3.63. The van der Waals surface area contributed by atoms with E-state index >= 15 is 0 Å². The summed E-state index contributed by atoms with van der Waals surface area (Å²) in [6.07, 6.45) is 0. The Hall–Kier alpha value is -2.88. The average Bonchev–Trinajstić information content (AvgIpc) is 3.14. The molecule has 32 heavy (non-hydrogen) atoms. The van der Waals surface area contributed by atoms with Gasteiger partial charge in [0.1, 0.15) is 0 Å². The number of halogens is 3. The summed E-state index contributed by atoms with van der Waals surface area (Å²) < 4.78 is 1.43. The summed E-state index contributed by atoms with van der Waals surface area (Å²) in [6, 6.07) is 9.31. The van der Waals surface area contributed by atoms with Crippen molar-refractivity contribution in [3.8, 4) is 5.69 Å². The number of aryl methyl sites for hydroxylation is 1. The maximum Gasteiger partial charge on any atom is 0.274 e. The number of hydrogen-bond acceptors (Lipinski definition) is 6. The molecular formula is C20H17Cl3N6O3. The first-order valence-electron chi connectivity index (χ1n) is 9.62. The molecule has 3 aromatic rings. The van der Waals surface area contributed by atoms with Gasteiger partial charge in [0.05, 0.1) is 32.0 Å². The molecule has 4 rings (SSSR count). The van der Waals surface area contributed by atoms with E-state index in [0.717, 1.165) is 0 Å². The highest BCUT2D eigenvalue weighted by molar-refractivity contribution is 6.35. The highest BCUT2D eigenvalue weighted by atomic mass is 35.5. The summed E-state index contributed by atoms with van der Waals surface area (Å²) in [7, 11) is 0. The van der Waals surface area contributed by atoms with Gasteiger partial charge in [-0.2, -0.15) is 0 Å². The van der Waals surface area contributed by atoms with Gasteiger partial charge in [-0.15, -0.1) is 5.10 Å². The number of benzene rings is 2. The molecule has 1 amide bonds. The Kier molecular flexibility index (Phi) is 6.23. The van der Waals surface area contributed by atoms with Crippen molar-refractivity contribution in [2.75, 3.05) is 31.1 Å². The van der Waals surface area contributed by atoms with Crippen LogP contribution in [0.3, 0.4) is 0 Å². The van der Waals surface area contributed by atoms with E-state index in [9.17, 15) is 14.9 Å². The van der Waals surface area contributed by atoms with E-state index < -0.39 is 4.92 Å². The number of piperazine rings is 1. The van der Waals surface area contributed by atoms with Gasteiger partial charge in [-0.3, -0.25) is 14.9 Å². The number of nitrogens with zero attached hydrogens (tertiary/aromatic N) is 6. The van der Waals surface area contributed by atoms with Crippen molar-refractivity contribution in [1.29, 1.82) is 0 Å². The van der Waals surface area contributed by atoms with E-state index in [-0.39, 0.29) is 11.6 Å². The molecule has 2 heterocycles. The van der Waals surface area contributed by atoms with Crippen molar-refractivity contribution in [3.63, 3.8) is 0 Å². The molecule has 1 fully saturated rings. The van der Waals surface area contributed by atoms with Crippen LogP contribution in [-0.2, 0) is 0 Å². The molecule has 9 nitrogen and oxygen atoms in total. The fourth-order valence-electron chi connectivity index (χ4n) is 3.59. The summed E-state index contributed by atoms with van der Waals surface area (Å²) in [5.74, 6) is -0.215. The van der Waals surface area contributed by atoms with Crippen LogP contribution in [0.2, 0.25) is 15.1 Å². The number of amides is 1. The second-order valence-corrected chi connectivity index (χ2v) is 8.45. The monoisotopic (exact) mass is 494 g/mol. The highest BCUT2D eigenvalue weighted by Gasteiger charge is 2.29. The van der Waals surface area contributed by atoms with Gasteiger partial charge in [0.25, 0.3) is 11.6 Å². The van der Waals surface area contributed by atoms with Crippen LogP contribution in [0.4, 0.5) is 11.4 Å². The van der Waals surface area contributed by atoms with E-state index in [2.05, 4.69) is 10.3 Å². The van der Waals surface area contributed by atoms with Gasteiger partial charge < -0.3 is 9.80 Å². The van der Waals surface area contributed by atoms with Crippen molar-refractivity contribution in [2.24, 2.45) is 0 Å². The Balaban J connectivity index is 1.52. The Bertz CT molecular complexity index is 1210. The lowest BCUT2D eigenvalue weighted by molar-refractivity contribution is -0.384. The molecule has 0 aliphatic carbocycles. The fourth-order valence-corrected chi connectivity index (χ4v) is 4.37. The second kappa shape index (κ2) is 8.93. The third-order valence-electron chi connectivity index (χ3n) is 5.23. The summed E-state index contributed by atoms with van der Waals surface area (Å²) in [5, 5.41) is 20.2. The predicted octanol–water partition coefficient (Wildman–Crippen LogP) is 4.41. The second-order valence-electron chi connectivity index (χ2n) is 7.20. The number of rotatable bonds is 4. The van der Waals surface area contributed by atoms with E-state index in [4.69, 9.17) is 34.8 Å². The topological polar surface area (TPSA) is 97.4 Å². The number of carbonyl (C=O) groups excluding carboxylic acids is 1.